The van der Waals surface area contributed by atoms with Crippen molar-refractivity contribution in [3.05, 3.63) is 21.9 Å². The van der Waals surface area contributed by atoms with Crippen LogP contribution < -0.4 is 0 Å². The number of halogens is 3. The van der Waals surface area contributed by atoms with Gasteiger partial charge in [-0.05, 0) is 25.5 Å². The molecular formula is C19H27F3N2O5S. The van der Waals surface area contributed by atoms with Gasteiger partial charge in [0.1, 0.15) is 0 Å². The van der Waals surface area contributed by atoms with Crippen molar-refractivity contribution < 1.29 is 37.3 Å². The van der Waals surface area contributed by atoms with Gasteiger partial charge in [-0.25, -0.2) is 4.79 Å². The number of carboxylic acid groups (broad SMARTS) is 1. The Morgan fingerprint density at radius 1 is 1.27 bits per heavy atom. The van der Waals surface area contributed by atoms with Gasteiger partial charge in [-0.15, -0.1) is 11.3 Å². The van der Waals surface area contributed by atoms with Crippen LogP contribution >= 0.6 is 11.3 Å². The van der Waals surface area contributed by atoms with Crippen LogP contribution in [0, 0.1) is 12.8 Å². The minimum absolute atomic E-state index is 0.182. The van der Waals surface area contributed by atoms with Crippen molar-refractivity contribution in [1.82, 2.24) is 9.80 Å². The quantitative estimate of drug-likeness (QED) is 0.740. The van der Waals surface area contributed by atoms with Crippen molar-refractivity contribution >= 4 is 23.2 Å². The Hall–Kier alpha value is -1.69. The van der Waals surface area contributed by atoms with Crippen molar-refractivity contribution in [3.8, 4) is 0 Å². The average molecular weight is 452 g/mol. The van der Waals surface area contributed by atoms with Gasteiger partial charge in [0, 0.05) is 51.2 Å². The zero-order valence-corrected chi connectivity index (χ0v) is 18.0. The first-order valence-electron chi connectivity index (χ1n) is 9.50. The first-order chi connectivity index (χ1) is 14.1. The Morgan fingerprint density at radius 2 is 1.93 bits per heavy atom. The van der Waals surface area contributed by atoms with Crippen LogP contribution in [-0.2, 0) is 14.3 Å². The summed E-state index contributed by atoms with van der Waals surface area (Å²) < 4.78 is 42.6. The van der Waals surface area contributed by atoms with Crippen molar-refractivity contribution in [2.45, 2.75) is 31.7 Å². The molecule has 0 radical (unpaired) electrons. The maximum atomic E-state index is 12.9. The number of ether oxygens (including phenoxy) is 2. The van der Waals surface area contributed by atoms with E-state index < -0.39 is 12.1 Å². The van der Waals surface area contributed by atoms with E-state index in [1.54, 1.807) is 25.6 Å². The fourth-order valence-electron chi connectivity index (χ4n) is 3.87. The molecule has 2 saturated heterocycles. The molecule has 3 rings (SSSR count). The molecule has 0 aromatic carbocycles. The molecule has 0 bridgehead atoms. The minimum atomic E-state index is -5.08. The van der Waals surface area contributed by atoms with Crippen molar-refractivity contribution in [1.29, 1.82) is 0 Å². The maximum Gasteiger partial charge on any atom is 0.490 e. The second kappa shape index (κ2) is 10.6. The second-order valence-corrected chi connectivity index (χ2v) is 8.55. The fourth-order valence-corrected chi connectivity index (χ4v) is 4.70. The Bertz CT molecular complexity index is 727. The van der Waals surface area contributed by atoms with Gasteiger partial charge in [0.25, 0.3) is 5.91 Å². The van der Waals surface area contributed by atoms with E-state index in [0.717, 1.165) is 44.1 Å². The summed E-state index contributed by atoms with van der Waals surface area (Å²) in [5, 5.41) is 7.12. The number of aryl methyl sites for hydroxylation is 1. The number of rotatable bonds is 5. The van der Waals surface area contributed by atoms with E-state index in [1.165, 1.54) is 4.88 Å². The number of amides is 1. The highest BCUT2D eigenvalue weighted by Crippen LogP contribution is 2.34. The SMILES string of the molecule is COCCN1C[C@@H]2[C@@H](OC)CCN(C(=O)c3ccc(C)s3)[C@@H]2C1.O=C(O)C(F)(F)F. The number of alkyl halides is 3. The van der Waals surface area contributed by atoms with Gasteiger partial charge >= 0.3 is 12.1 Å². The molecule has 170 valence electrons. The zero-order chi connectivity index (χ0) is 22.5. The topological polar surface area (TPSA) is 79.3 Å². The number of methoxy groups -OCH3 is 2. The number of carboxylic acids is 1. The van der Waals surface area contributed by atoms with Crippen molar-refractivity contribution in [2.75, 3.05) is 47.0 Å². The van der Waals surface area contributed by atoms with Crippen LogP contribution in [0.25, 0.3) is 0 Å². The molecule has 0 unspecified atom stereocenters. The summed E-state index contributed by atoms with van der Waals surface area (Å²) in [7, 11) is 3.52. The summed E-state index contributed by atoms with van der Waals surface area (Å²) >= 11 is 1.59. The lowest BCUT2D eigenvalue weighted by Crippen LogP contribution is -2.53. The zero-order valence-electron chi connectivity index (χ0n) is 17.1. The molecule has 1 N–H and O–H groups in total. The van der Waals surface area contributed by atoms with Crippen LogP contribution in [0.3, 0.4) is 0 Å². The van der Waals surface area contributed by atoms with Crippen LogP contribution in [-0.4, -0.2) is 92.1 Å². The van der Waals surface area contributed by atoms with Gasteiger partial charge in [0.05, 0.1) is 23.6 Å². The van der Waals surface area contributed by atoms with Crippen LogP contribution in [0.5, 0.6) is 0 Å². The highest BCUT2D eigenvalue weighted by atomic mass is 32.1. The van der Waals surface area contributed by atoms with E-state index in [-0.39, 0.29) is 18.1 Å². The first-order valence-corrected chi connectivity index (χ1v) is 10.3. The highest BCUT2D eigenvalue weighted by molar-refractivity contribution is 7.13. The monoisotopic (exact) mass is 452 g/mol. The summed E-state index contributed by atoms with van der Waals surface area (Å²) in [6.07, 6.45) is -3.91. The smallest absolute Gasteiger partial charge is 0.475 e. The van der Waals surface area contributed by atoms with Gasteiger partial charge in [-0.3, -0.25) is 9.69 Å². The summed E-state index contributed by atoms with van der Waals surface area (Å²) in [4.78, 5) is 28.3. The molecule has 1 aromatic rings. The number of thiophene rings is 1. The third kappa shape index (κ3) is 6.16. The Kier molecular flexibility index (Phi) is 8.65. The minimum Gasteiger partial charge on any atom is -0.475 e. The number of likely N-dealkylation sites (tertiary alicyclic amines) is 2. The molecule has 30 heavy (non-hydrogen) atoms. The van der Waals surface area contributed by atoms with E-state index >= 15 is 0 Å². The maximum absolute atomic E-state index is 12.9. The van der Waals surface area contributed by atoms with E-state index in [0.29, 0.717) is 5.92 Å². The predicted octanol–water partition coefficient (Wildman–Crippen LogP) is 2.50. The highest BCUT2D eigenvalue weighted by Gasteiger charge is 2.46. The van der Waals surface area contributed by atoms with Crippen LogP contribution in [0.1, 0.15) is 21.0 Å². The molecular weight excluding hydrogens is 425 g/mol. The van der Waals surface area contributed by atoms with Gasteiger partial charge in [0.15, 0.2) is 0 Å². The standard InChI is InChI=1S/C17H26N2O3S.C2HF3O2/c1-12-4-5-16(23-12)17(20)19-7-6-15(22-3)13-10-18(8-9-21-2)11-14(13)19;3-2(4,5)1(6)7/h4-5,13-15H,6-11H2,1-3H3;(H,6,7)/t13-,14+,15-;/m0./s1. The Morgan fingerprint density at radius 3 is 2.43 bits per heavy atom. The predicted molar refractivity (Wildman–Crippen MR) is 105 cm³/mol. The molecule has 2 fully saturated rings. The van der Waals surface area contributed by atoms with Gasteiger partial charge in [0.2, 0.25) is 0 Å². The molecule has 3 atom stereocenters. The number of nitrogens with zero attached hydrogens (tertiary/aromatic N) is 2. The van der Waals surface area contributed by atoms with E-state index in [1.807, 2.05) is 19.1 Å². The van der Waals surface area contributed by atoms with Crippen LogP contribution in [0.4, 0.5) is 13.2 Å². The molecule has 7 nitrogen and oxygen atoms in total. The second-order valence-electron chi connectivity index (χ2n) is 7.26. The number of hydrogen-bond donors (Lipinski definition) is 1. The lowest BCUT2D eigenvalue weighted by Gasteiger charge is -2.41. The van der Waals surface area contributed by atoms with Gasteiger partial charge < -0.3 is 19.5 Å². The number of hydrogen-bond acceptors (Lipinski definition) is 6. The number of fused-ring (bicyclic) bond motifs is 1. The molecule has 0 spiro atoms. The number of carbonyl (C=O) groups excluding carboxylic acids is 1. The van der Waals surface area contributed by atoms with Gasteiger partial charge in [-0.2, -0.15) is 13.2 Å². The summed E-state index contributed by atoms with van der Waals surface area (Å²) in [6, 6.07) is 4.23. The molecule has 0 saturated carbocycles. The first kappa shape index (κ1) is 24.6. The molecule has 11 heteroatoms. The number of aliphatic carboxylic acids is 1. The van der Waals surface area contributed by atoms with Gasteiger partial charge in [-0.1, -0.05) is 0 Å². The Labute approximate surface area is 177 Å². The van der Waals surface area contributed by atoms with E-state index in [9.17, 15) is 18.0 Å². The largest absolute Gasteiger partial charge is 0.490 e. The lowest BCUT2D eigenvalue weighted by atomic mass is 9.89. The third-order valence-corrected chi connectivity index (χ3v) is 6.30. The normalized spacial score (nSPS) is 24.2. The van der Waals surface area contributed by atoms with Crippen LogP contribution in [0.15, 0.2) is 12.1 Å². The van der Waals surface area contributed by atoms with Crippen molar-refractivity contribution in [3.63, 3.8) is 0 Å². The molecule has 3 heterocycles. The molecule has 2 aliphatic rings. The van der Waals surface area contributed by atoms with Crippen LogP contribution in [0.2, 0.25) is 0 Å². The lowest BCUT2D eigenvalue weighted by molar-refractivity contribution is -0.192. The Balaban J connectivity index is 0.000000396. The van der Waals surface area contributed by atoms with E-state index in [2.05, 4.69) is 9.80 Å². The third-order valence-electron chi connectivity index (χ3n) is 5.31. The number of carbonyl (C=O) groups is 2. The van der Waals surface area contributed by atoms with E-state index in [4.69, 9.17) is 19.4 Å². The molecule has 1 amide bonds. The molecule has 2 aliphatic heterocycles. The summed E-state index contributed by atoms with van der Waals surface area (Å²) in [5.74, 6) is -2.18. The summed E-state index contributed by atoms with van der Waals surface area (Å²) in [5.41, 5.74) is 0. The fraction of sp³-hybridized carbons (Fsp3) is 0.684. The summed E-state index contributed by atoms with van der Waals surface area (Å²) in [6.45, 7) is 6.38. The molecule has 1 aromatic heterocycles. The number of piperidine rings is 1. The molecule has 0 aliphatic carbocycles. The van der Waals surface area contributed by atoms with Crippen molar-refractivity contribution in [2.24, 2.45) is 5.92 Å². The average Bonchev–Trinajstić information content (AvgIpc) is 3.31.